The number of nitrogens with one attached hydrogen (secondary N) is 2. The van der Waals surface area contributed by atoms with Crippen molar-refractivity contribution in [2.75, 3.05) is 0 Å². The van der Waals surface area contributed by atoms with E-state index in [0.29, 0.717) is 0 Å². The Morgan fingerprint density at radius 3 is 1.52 bits per heavy atom. The lowest BCUT2D eigenvalue weighted by atomic mass is 10.1. The highest BCUT2D eigenvalue weighted by molar-refractivity contribution is 5.94. The van der Waals surface area contributed by atoms with Gasteiger partial charge in [0, 0.05) is 69.1 Å². The molecule has 0 unspecified atom stereocenters. The fourth-order valence-electron chi connectivity index (χ4n) is 6.48. The molecule has 238 valence electrons. The molecule has 7 rings (SSSR count). The van der Waals surface area contributed by atoms with Gasteiger partial charge in [-0.1, -0.05) is 51.4 Å². The fourth-order valence-corrected chi connectivity index (χ4v) is 6.48. The Morgan fingerprint density at radius 1 is 0.521 bits per heavy atom. The molecule has 6 heteroatoms. The molecular formula is C42H40N6. The summed E-state index contributed by atoms with van der Waals surface area (Å²) in [6.07, 6.45) is 24.4. The lowest BCUT2D eigenvalue weighted by molar-refractivity contribution is 0.717. The third-order valence-corrected chi connectivity index (χ3v) is 9.01. The SMILES string of the molecule is CCCCCc1c2nc(c(C#Cc3ccncc3)c3nc(c(CCCCC)c4ccc([nH]4)c(-c4ccncc4)c4ccc1[nH]4)C=C3)C=C2. The molecule has 5 aromatic heterocycles. The van der Waals surface area contributed by atoms with Gasteiger partial charge in [0.25, 0.3) is 0 Å². The van der Waals surface area contributed by atoms with Gasteiger partial charge in [-0.2, -0.15) is 0 Å². The Labute approximate surface area is 282 Å². The van der Waals surface area contributed by atoms with Gasteiger partial charge in [-0.05, 0) is 104 Å². The maximum atomic E-state index is 5.25. The molecule has 2 N–H and O–H groups in total. The van der Waals surface area contributed by atoms with Gasteiger partial charge in [0.15, 0.2) is 0 Å². The van der Waals surface area contributed by atoms with E-state index in [2.05, 4.69) is 106 Å². The first-order chi connectivity index (χ1) is 23.7. The molecule has 0 fully saturated rings. The van der Waals surface area contributed by atoms with Crippen molar-refractivity contribution in [3.05, 3.63) is 118 Å². The molecule has 7 heterocycles. The first kappa shape index (κ1) is 31.1. The van der Waals surface area contributed by atoms with Crippen molar-refractivity contribution in [1.29, 1.82) is 0 Å². The number of H-pyrrole nitrogens is 2. The normalized spacial score (nSPS) is 11.9. The maximum Gasteiger partial charge on any atom is 0.0816 e. The maximum absolute atomic E-state index is 5.25. The molecular weight excluding hydrogens is 589 g/mol. The average Bonchev–Trinajstić information content (AvgIpc) is 3.96. The zero-order chi connectivity index (χ0) is 32.7. The summed E-state index contributed by atoms with van der Waals surface area (Å²) in [6, 6.07) is 16.8. The highest BCUT2D eigenvalue weighted by Gasteiger charge is 2.16. The number of aryl methyl sites for hydroxylation is 2. The van der Waals surface area contributed by atoms with Gasteiger partial charge in [0.2, 0.25) is 0 Å². The lowest BCUT2D eigenvalue weighted by Crippen LogP contribution is -1.94. The molecule has 0 amide bonds. The minimum Gasteiger partial charge on any atom is -0.355 e. The van der Waals surface area contributed by atoms with Crippen LogP contribution in [0.4, 0.5) is 0 Å². The Balaban J connectivity index is 1.57. The Kier molecular flexibility index (Phi) is 9.38. The number of hydrogen-bond acceptors (Lipinski definition) is 4. The van der Waals surface area contributed by atoms with Crippen LogP contribution in [0.15, 0.2) is 73.3 Å². The summed E-state index contributed by atoms with van der Waals surface area (Å²) in [4.78, 5) is 26.6. The molecule has 0 aromatic carbocycles. The van der Waals surface area contributed by atoms with Gasteiger partial charge in [0.05, 0.1) is 28.3 Å². The van der Waals surface area contributed by atoms with Crippen LogP contribution >= 0.6 is 0 Å². The number of aromatic amines is 2. The van der Waals surface area contributed by atoms with Crippen LogP contribution in [0.2, 0.25) is 0 Å². The van der Waals surface area contributed by atoms with Crippen molar-refractivity contribution in [2.24, 2.45) is 0 Å². The van der Waals surface area contributed by atoms with Gasteiger partial charge < -0.3 is 9.97 Å². The van der Waals surface area contributed by atoms with Crippen molar-refractivity contribution in [3.63, 3.8) is 0 Å². The number of pyridine rings is 2. The van der Waals surface area contributed by atoms with E-state index in [1.807, 2.05) is 24.5 Å². The second-order valence-corrected chi connectivity index (χ2v) is 12.3. The Hall–Kier alpha value is -5.54. The second-order valence-electron chi connectivity index (χ2n) is 12.3. The van der Waals surface area contributed by atoms with Crippen LogP contribution in [0, 0.1) is 11.8 Å². The van der Waals surface area contributed by atoms with E-state index in [9.17, 15) is 0 Å². The zero-order valence-electron chi connectivity index (χ0n) is 27.7. The Morgan fingerprint density at radius 2 is 1.00 bits per heavy atom. The topological polar surface area (TPSA) is 83.1 Å². The molecule has 0 aliphatic carbocycles. The minimum atomic E-state index is 0.824. The molecule has 5 aromatic rings. The summed E-state index contributed by atoms with van der Waals surface area (Å²) >= 11 is 0. The number of rotatable bonds is 9. The molecule has 0 saturated heterocycles. The van der Waals surface area contributed by atoms with Crippen molar-refractivity contribution >= 4 is 46.4 Å². The number of fused-ring (bicyclic) bond motifs is 8. The summed E-state index contributed by atoms with van der Waals surface area (Å²) in [6.45, 7) is 4.48. The summed E-state index contributed by atoms with van der Waals surface area (Å²) in [5.41, 5.74) is 14.2. The van der Waals surface area contributed by atoms with Crippen LogP contribution in [-0.2, 0) is 12.8 Å². The van der Waals surface area contributed by atoms with Gasteiger partial charge >= 0.3 is 0 Å². The number of unbranched alkanes of at least 4 members (excludes halogenated alkanes) is 4. The first-order valence-corrected chi connectivity index (χ1v) is 17.2. The van der Waals surface area contributed by atoms with Gasteiger partial charge in [-0.3, -0.25) is 9.97 Å². The lowest BCUT2D eigenvalue weighted by Gasteiger charge is -2.05. The van der Waals surface area contributed by atoms with Crippen LogP contribution in [0.3, 0.4) is 0 Å². The van der Waals surface area contributed by atoms with Crippen LogP contribution in [0.25, 0.3) is 57.5 Å². The summed E-state index contributed by atoms with van der Waals surface area (Å²) in [5, 5.41) is 0. The quantitative estimate of drug-likeness (QED) is 0.123. The molecule has 0 saturated carbocycles. The van der Waals surface area contributed by atoms with Gasteiger partial charge in [-0.25, -0.2) is 9.97 Å². The standard InChI is InChI=1S/C42H40N6/c1-3-5-7-9-31-34-13-15-38(45-34)33(12-11-29-21-25-43-26-22-29)39-16-14-35(46-39)32(10-8-6-4-2)37-18-20-41(48-37)42(30-23-27-44-28-24-30)40-19-17-36(31)47-40/h13-28,47-48H,3-10H2,1-2H3. The van der Waals surface area contributed by atoms with E-state index in [-0.39, 0.29) is 0 Å². The predicted molar refractivity (Wildman–Crippen MR) is 199 cm³/mol. The molecule has 0 atom stereocenters. The second kappa shape index (κ2) is 14.5. The van der Waals surface area contributed by atoms with Crippen LogP contribution in [0.5, 0.6) is 0 Å². The van der Waals surface area contributed by atoms with E-state index in [1.54, 1.807) is 12.4 Å². The van der Waals surface area contributed by atoms with E-state index >= 15 is 0 Å². The molecule has 2 aliphatic rings. The molecule has 6 nitrogen and oxygen atoms in total. The third-order valence-electron chi connectivity index (χ3n) is 9.01. The smallest absolute Gasteiger partial charge is 0.0816 e. The number of hydrogen-bond donors (Lipinski definition) is 2. The van der Waals surface area contributed by atoms with Crippen molar-refractivity contribution in [1.82, 2.24) is 29.9 Å². The summed E-state index contributed by atoms with van der Waals surface area (Å²) in [7, 11) is 0. The van der Waals surface area contributed by atoms with Gasteiger partial charge in [0.1, 0.15) is 0 Å². The monoisotopic (exact) mass is 628 g/mol. The molecule has 8 bridgehead atoms. The molecule has 0 spiro atoms. The molecule has 48 heavy (non-hydrogen) atoms. The van der Waals surface area contributed by atoms with Crippen LogP contribution in [-0.4, -0.2) is 29.9 Å². The number of aromatic nitrogens is 6. The number of nitrogens with zero attached hydrogens (tertiary/aromatic N) is 4. The first-order valence-electron chi connectivity index (χ1n) is 17.2. The zero-order valence-corrected chi connectivity index (χ0v) is 27.7. The average molecular weight is 629 g/mol. The molecule has 2 aliphatic heterocycles. The fraction of sp³-hybridized carbons (Fsp3) is 0.238. The van der Waals surface area contributed by atoms with Crippen molar-refractivity contribution in [3.8, 4) is 23.0 Å². The van der Waals surface area contributed by atoms with Crippen molar-refractivity contribution < 1.29 is 0 Å². The highest BCUT2D eigenvalue weighted by Crippen LogP contribution is 2.32. The van der Waals surface area contributed by atoms with E-state index in [1.165, 1.54) is 11.1 Å². The van der Waals surface area contributed by atoms with Gasteiger partial charge in [-0.15, -0.1) is 0 Å². The van der Waals surface area contributed by atoms with E-state index < -0.39 is 0 Å². The van der Waals surface area contributed by atoms with Crippen LogP contribution < -0.4 is 0 Å². The van der Waals surface area contributed by atoms with Crippen LogP contribution in [0.1, 0.15) is 97.4 Å². The predicted octanol–water partition coefficient (Wildman–Crippen LogP) is 9.98. The molecule has 0 radical (unpaired) electrons. The minimum absolute atomic E-state index is 0.824. The summed E-state index contributed by atoms with van der Waals surface area (Å²) < 4.78 is 0. The Bertz CT molecular complexity index is 2100. The van der Waals surface area contributed by atoms with Crippen molar-refractivity contribution in [2.45, 2.75) is 65.2 Å². The highest BCUT2D eigenvalue weighted by atomic mass is 14.8. The van der Waals surface area contributed by atoms with E-state index in [0.717, 1.165) is 118 Å². The largest absolute Gasteiger partial charge is 0.355 e. The summed E-state index contributed by atoms with van der Waals surface area (Å²) in [5.74, 6) is 6.81. The third kappa shape index (κ3) is 6.63. The van der Waals surface area contributed by atoms with E-state index in [4.69, 9.17) is 9.97 Å².